The summed E-state index contributed by atoms with van der Waals surface area (Å²) in [5.41, 5.74) is 0.900. The second-order valence-corrected chi connectivity index (χ2v) is 2.51. The van der Waals surface area contributed by atoms with Gasteiger partial charge in [-0.15, -0.1) is 0 Å². The van der Waals surface area contributed by atoms with Crippen molar-refractivity contribution in [3.63, 3.8) is 0 Å². The van der Waals surface area contributed by atoms with E-state index in [0.29, 0.717) is 18.1 Å². The molecule has 1 aromatic rings. The van der Waals surface area contributed by atoms with Gasteiger partial charge in [0.15, 0.2) is 0 Å². The van der Waals surface area contributed by atoms with E-state index in [-0.39, 0.29) is 6.61 Å². The molecule has 0 bridgehead atoms. The lowest BCUT2D eigenvalue weighted by atomic mass is 10.2. The molecule has 0 amide bonds. The zero-order valence-corrected chi connectivity index (χ0v) is 7.78. The number of ether oxygens (including phenoxy) is 2. The number of methoxy groups -OCH3 is 2. The monoisotopic (exact) mass is 183 g/mol. The highest BCUT2D eigenvalue weighted by atomic mass is 16.5. The maximum absolute atomic E-state index is 8.79. The van der Waals surface area contributed by atoms with Crippen molar-refractivity contribution < 1.29 is 14.6 Å². The van der Waals surface area contributed by atoms with Crippen LogP contribution >= 0.6 is 0 Å². The lowest BCUT2D eigenvalue weighted by molar-refractivity contribution is 0.296. The van der Waals surface area contributed by atoms with Crippen LogP contribution in [0.3, 0.4) is 0 Å². The summed E-state index contributed by atoms with van der Waals surface area (Å²) in [7, 11) is 3.13. The summed E-state index contributed by atoms with van der Waals surface area (Å²) in [6, 6.07) is 1.76. The van der Waals surface area contributed by atoms with Gasteiger partial charge in [0.1, 0.15) is 5.75 Å². The third kappa shape index (κ3) is 2.32. The molecule has 13 heavy (non-hydrogen) atoms. The Bertz CT molecular complexity index is 276. The molecule has 0 spiro atoms. The first-order valence-corrected chi connectivity index (χ1v) is 3.99. The Morgan fingerprint density at radius 1 is 1.38 bits per heavy atom. The van der Waals surface area contributed by atoms with Crippen molar-refractivity contribution in [2.45, 2.75) is 6.42 Å². The van der Waals surface area contributed by atoms with E-state index in [1.807, 2.05) is 0 Å². The predicted molar refractivity (Wildman–Crippen MR) is 48.1 cm³/mol. The summed E-state index contributed by atoms with van der Waals surface area (Å²) in [5, 5.41) is 8.79. The van der Waals surface area contributed by atoms with E-state index in [0.717, 1.165) is 5.56 Å². The summed E-state index contributed by atoms with van der Waals surface area (Å²) in [4.78, 5) is 3.98. The van der Waals surface area contributed by atoms with E-state index in [1.165, 1.54) is 0 Å². The van der Waals surface area contributed by atoms with E-state index in [9.17, 15) is 0 Å². The van der Waals surface area contributed by atoms with Crippen molar-refractivity contribution in [1.82, 2.24) is 4.98 Å². The minimum Gasteiger partial charge on any atom is -0.495 e. The number of nitrogens with zero attached hydrogens (tertiary/aromatic N) is 1. The van der Waals surface area contributed by atoms with Gasteiger partial charge < -0.3 is 14.6 Å². The van der Waals surface area contributed by atoms with Crippen molar-refractivity contribution in [3.8, 4) is 11.6 Å². The van der Waals surface area contributed by atoms with E-state index < -0.39 is 0 Å². The van der Waals surface area contributed by atoms with Crippen molar-refractivity contribution in [2.75, 3.05) is 20.8 Å². The summed E-state index contributed by atoms with van der Waals surface area (Å²) in [6.07, 6.45) is 2.13. The van der Waals surface area contributed by atoms with Crippen molar-refractivity contribution in [1.29, 1.82) is 0 Å². The number of hydrogen-bond donors (Lipinski definition) is 1. The van der Waals surface area contributed by atoms with Crippen molar-refractivity contribution in [2.24, 2.45) is 0 Å². The van der Waals surface area contributed by atoms with Crippen LogP contribution < -0.4 is 9.47 Å². The largest absolute Gasteiger partial charge is 0.495 e. The number of hydrogen-bond acceptors (Lipinski definition) is 4. The highest BCUT2D eigenvalue weighted by molar-refractivity contribution is 5.34. The van der Waals surface area contributed by atoms with E-state index >= 15 is 0 Å². The molecule has 0 saturated carbocycles. The number of rotatable bonds is 4. The fourth-order valence-corrected chi connectivity index (χ4v) is 1.07. The number of aromatic nitrogens is 1. The van der Waals surface area contributed by atoms with Crippen LogP contribution in [0.25, 0.3) is 0 Å². The Kier molecular flexibility index (Phi) is 3.52. The minimum atomic E-state index is 0.0868. The molecule has 4 heteroatoms. The lowest BCUT2D eigenvalue weighted by Crippen LogP contribution is -1.98. The van der Waals surface area contributed by atoms with Crippen LogP contribution in [0.2, 0.25) is 0 Å². The summed E-state index contributed by atoms with van der Waals surface area (Å²) < 4.78 is 10.0. The first kappa shape index (κ1) is 9.80. The van der Waals surface area contributed by atoms with Gasteiger partial charge in [0.05, 0.1) is 20.4 Å². The van der Waals surface area contributed by atoms with Crippen LogP contribution in [-0.2, 0) is 6.42 Å². The van der Waals surface area contributed by atoms with Crippen LogP contribution in [-0.4, -0.2) is 30.9 Å². The molecule has 0 aliphatic heterocycles. The lowest BCUT2D eigenvalue weighted by Gasteiger charge is -2.07. The summed E-state index contributed by atoms with van der Waals surface area (Å²) >= 11 is 0. The van der Waals surface area contributed by atoms with E-state index in [4.69, 9.17) is 14.6 Å². The van der Waals surface area contributed by atoms with Gasteiger partial charge in [-0.2, -0.15) is 0 Å². The molecule has 0 saturated heterocycles. The molecule has 0 aromatic carbocycles. The third-order valence-electron chi connectivity index (χ3n) is 1.73. The van der Waals surface area contributed by atoms with Crippen LogP contribution in [0.1, 0.15) is 5.56 Å². The zero-order valence-electron chi connectivity index (χ0n) is 7.78. The van der Waals surface area contributed by atoms with Crippen LogP contribution in [0.15, 0.2) is 12.3 Å². The molecule has 0 unspecified atom stereocenters. The topological polar surface area (TPSA) is 51.6 Å². The summed E-state index contributed by atoms with van der Waals surface area (Å²) in [6.45, 7) is 0.0868. The average Bonchev–Trinajstić information content (AvgIpc) is 2.18. The molecule has 1 heterocycles. The molecule has 1 aromatic heterocycles. The summed E-state index contributed by atoms with van der Waals surface area (Å²) in [5.74, 6) is 1.21. The Hall–Kier alpha value is -1.29. The highest BCUT2D eigenvalue weighted by Crippen LogP contribution is 2.21. The standard InChI is InChI=1S/C9H13NO3/c1-12-8-6-10-9(13-2)5-7(8)3-4-11/h5-6,11H,3-4H2,1-2H3. The van der Waals surface area contributed by atoms with Crippen molar-refractivity contribution in [3.05, 3.63) is 17.8 Å². The Morgan fingerprint density at radius 3 is 2.69 bits per heavy atom. The van der Waals surface area contributed by atoms with Crippen LogP contribution in [0.5, 0.6) is 11.6 Å². The Balaban J connectivity index is 2.95. The smallest absolute Gasteiger partial charge is 0.213 e. The number of pyridine rings is 1. The van der Waals surface area contributed by atoms with Gasteiger partial charge in [0.25, 0.3) is 0 Å². The average molecular weight is 183 g/mol. The van der Waals surface area contributed by atoms with Gasteiger partial charge >= 0.3 is 0 Å². The quantitative estimate of drug-likeness (QED) is 0.744. The van der Waals surface area contributed by atoms with E-state index in [2.05, 4.69) is 4.98 Å². The first-order chi connectivity index (χ1) is 6.31. The molecular weight excluding hydrogens is 170 g/mol. The SMILES string of the molecule is COc1cc(CCO)c(OC)cn1. The molecule has 0 aliphatic rings. The van der Waals surface area contributed by atoms with Crippen molar-refractivity contribution >= 4 is 0 Å². The minimum absolute atomic E-state index is 0.0868. The molecule has 0 aliphatic carbocycles. The van der Waals surface area contributed by atoms with Gasteiger partial charge in [0.2, 0.25) is 5.88 Å². The molecule has 0 fully saturated rings. The molecule has 1 N–H and O–H groups in total. The maximum Gasteiger partial charge on any atom is 0.213 e. The normalized spacial score (nSPS) is 9.77. The first-order valence-electron chi connectivity index (χ1n) is 3.99. The second kappa shape index (κ2) is 4.67. The van der Waals surface area contributed by atoms with Gasteiger partial charge in [0, 0.05) is 18.2 Å². The predicted octanol–water partition coefficient (Wildman–Crippen LogP) is 0.634. The Morgan fingerprint density at radius 2 is 2.15 bits per heavy atom. The van der Waals surface area contributed by atoms with Gasteiger partial charge in [-0.25, -0.2) is 4.98 Å². The highest BCUT2D eigenvalue weighted by Gasteiger charge is 2.04. The molecule has 0 radical (unpaired) electrons. The zero-order chi connectivity index (χ0) is 9.68. The van der Waals surface area contributed by atoms with Gasteiger partial charge in [-0.1, -0.05) is 0 Å². The fourth-order valence-electron chi connectivity index (χ4n) is 1.07. The van der Waals surface area contributed by atoms with Gasteiger partial charge in [-0.3, -0.25) is 0 Å². The number of aliphatic hydroxyl groups is 1. The Labute approximate surface area is 77.1 Å². The maximum atomic E-state index is 8.79. The van der Waals surface area contributed by atoms with Crippen LogP contribution in [0.4, 0.5) is 0 Å². The van der Waals surface area contributed by atoms with Crippen LogP contribution in [0, 0.1) is 0 Å². The molecular formula is C9H13NO3. The molecule has 4 nitrogen and oxygen atoms in total. The van der Waals surface area contributed by atoms with Gasteiger partial charge in [-0.05, 0) is 6.42 Å². The molecule has 0 atom stereocenters. The molecule has 72 valence electrons. The fraction of sp³-hybridized carbons (Fsp3) is 0.444. The second-order valence-electron chi connectivity index (χ2n) is 2.51. The van der Waals surface area contributed by atoms with E-state index in [1.54, 1.807) is 26.5 Å². The number of aliphatic hydroxyl groups excluding tert-OH is 1. The molecule has 1 rings (SSSR count). The third-order valence-corrected chi connectivity index (χ3v) is 1.73.